The molecule has 0 amide bonds. The molecule has 1 fully saturated rings. The predicted octanol–water partition coefficient (Wildman–Crippen LogP) is 4.67. The van der Waals surface area contributed by atoms with E-state index < -0.39 is 0 Å². The second-order valence-electron chi connectivity index (χ2n) is 6.59. The monoisotopic (exact) mass is 358 g/mol. The van der Waals surface area contributed by atoms with E-state index in [0.717, 1.165) is 12.5 Å². The predicted molar refractivity (Wildman–Crippen MR) is 92.5 cm³/mol. The molecule has 1 N–H and O–H groups in total. The molecule has 4 heteroatoms. The van der Waals surface area contributed by atoms with Gasteiger partial charge in [0.25, 0.3) is 0 Å². The van der Waals surface area contributed by atoms with E-state index in [1.807, 2.05) is 11.3 Å². The first kappa shape index (κ1) is 16.5. The minimum atomic E-state index is 0.334. The van der Waals surface area contributed by atoms with Crippen molar-refractivity contribution in [1.82, 2.24) is 10.2 Å². The molecule has 1 saturated carbocycles. The second kappa shape index (κ2) is 6.91. The van der Waals surface area contributed by atoms with Crippen LogP contribution < -0.4 is 5.32 Å². The molecule has 1 aromatic rings. The number of nitrogens with zero attached hydrogens (tertiary/aromatic N) is 1. The molecule has 0 saturated heterocycles. The third-order valence-electron chi connectivity index (χ3n) is 4.77. The fraction of sp³-hybridized carbons (Fsp3) is 0.750. The van der Waals surface area contributed by atoms with Gasteiger partial charge in [0, 0.05) is 32.9 Å². The van der Waals surface area contributed by atoms with Crippen LogP contribution in [0.1, 0.15) is 50.4 Å². The Morgan fingerprint density at radius 1 is 1.55 bits per heavy atom. The number of thiophene rings is 1. The summed E-state index contributed by atoms with van der Waals surface area (Å²) in [6, 6.07) is 2.66. The minimum Gasteiger partial charge on any atom is -0.308 e. The number of hydrogen-bond donors (Lipinski definition) is 1. The number of hydrogen-bond acceptors (Lipinski definition) is 3. The Hall–Kier alpha value is 0.1000. The van der Waals surface area contributed by atoms with E-state index in [1.54, 1.807) is 0 Å². The lowest BCUT2D eigenvalue weighted by molar-refractivity contribution is 0.0729. The summed E-state index contributed by atoms with van der Waals surface area (Å²) in [6.07, 6.45) is 5.38. The zero-order chi connectivity index (χ0) is 14.8. The second-order valence-corrected chi connectivity index (χ2v) is 8.45. The molecule has 1 aromatic heterocycles. The van der Waals surface area contributed by atoms with Crippen LogP contribution in [0.4, 0.5) is 0 Å². The molecule has 1 aliphatic rings. The molecule has 3 atom stereocenters. The van der Waals surface area contributed by atoms with Gasteiger partial charge in [-0.2, -0.15) is 0 Å². The highest BCUT2D eigenvalue weighted by molar-refractivity contribution is 9.10. The van der Waals surface area contributed by atoms with Crippen molar-refractivity contribution < 1.29 is 0 Å². The van der Waals surface area contributed by atoms with E-state index in [-0.39, 0.29) is 0 Å². The van der Waals surface area contributed by atoms with Gasteiger partial charge in [0.2, 0.25) is 0 Å². The summed E-state index contributed by atoms with van der Waals surface area (Å²) in [6.45, 7) is 5.76. The summed E-state index contributed by atoms with van der Waals surface area (Å²) in [5.41, 5.74) is 0.334. The molecule has 1 aliphatic carbocycles. The molecule has 0 bridgehead atoms. The lowest BCUT2D eigenvalue weighted by atomic mass is 9.75. The maximum atomic E-state index is 3.77. The van der Waals surface area contributed by atoms with Gasteiger partial charge in [-0.05, 0) is 61.8 Å². The summed E-state index contributed by atoms with van der Waals surface area (Å²) < 4.78 is 1.19. The van der Waals surface area contributed by atoms with Crippen LogP contribution in [0.25, 0.3) is 0 Å². The largest absolute Gasteiger partial charge is 0.308 e. The van der Waals surface area contributed by atoms with E-state index in [4.69, 9.17) is 0 Å². The zero-order valence-corrected chi connectivity index (χ0v) is 15.5. The van der Waals surface area contributed by atoms with Crippen molar-refractivity contribution in [2.75, 3.05) is 20.6 Å². The number of halogens is 1. The average molecular weight is 359 g/mol. The van der Waals surface area contributed by atoms with Gasteiger partial charge < -0.3 is 10.2 Å². The number of rotatable bonds is 5. The molecule has 114 valence electrons. The molecular formula is C16H27BrN2S. The first-order valence-corrected chi connectivity index (χ1v) is 9.25. The number of nitrogens with one attached hydrogen (secondary N) is 1. The molecule has 2 rings (SSSR count). The smallest absolute Gasteiger partial charge is 0.0387 e. The Balaban J connectivity index is 1.98. The molecule has 20 heavy (non-hydrogen) atoms. The third kappa shape index (κ3) is 3.85. The molecular weight excluding hydrogens is 332 g/mol. The van der Waals surface area contributed by atoms with Crippen LogP contribution in [0.5, 0.6) is 0 Å². The van der Waals surface area contributed by atoms with Crippen LogP contribution in [0.2, 0.25) is 0 Å². The van der Waals surface area contributed by atoms with E-state index in [1.165, 1.54) is 35.0 Å². The van der Waals surface area contributed by atoms with Crippen molar-refractivity contribution in [3.63, 3.8) is 0 Å². The van der Waals surface area contributed by atoms with Crippen molar-refractivity contribution in [3.8, 4) is 0 Å². The highest BCUT2D eigenvalue weighted by Gasteiger charge is 2.36. The van der Waals surface area contributed by atoms with Gasteiger partial charge >= 0.3 is 0 Å². The van der Waals surface area contributed by atoms with Crippen LogP contribution >= 0.6 is 27.3 Å². The maximum absolute atomic E-state index is 3.77. The minimum absolute atomic E-state index is 0.334. The first-order chi connectivity index (χ1) is 9.43. The average Bonchev–Trinajstić information content (AvgIpc) is 2.82. The van der Waals surface area contributed by atoms with Crippen molar-refractivity contribution in [2.45, 2.75) is 51.1 Å². The highest BCUT2D eigenvalue weighted by atomic mass is 79.9. The van der Waals surface area contributed by atoms with Crippen molar-refractivity contribution in [3.05, 3.63) is 20.8 Å². The van der Waals surface area contributed by atoms with Crippen molar-refractivity contribution in [1.29, 1.82) is 0 Å². The molecule has 0 aliphatic heterocycles. The first-order valence-electron chi connectivity index (χ1n) is 7.58. The molecule has 0 aromatic carbocycles. The van der Waals surface area contributed by atoms with Crippen molar-refractivity contribution in [2.24, 2.45) is 5.92 Å². The van der Waals surface area contributed by atoms with E-state index in [9.17, 15) is 0 Å². The Morgan fingerprint density at radius 2 is 2.30 bits per heavy atom. The van der Waals surface area contributed by atoms with Gasteiger partial charge in [-0.25, -0.2) is 0 Å². The van der Waals surface area contributed by atoms with Crippen molar-refractivity contribution >= 4 is 27.3 Å². The fourth-order valence-electron chi connectivity index (χ4n) is 3.36. The fourth-order valence-corrected chi connectivity index (χ4v) is 4.83. The quantitative estimate of drug-likeness (QED) is 0.822. The van der Waals surface area contributed by atoms with Crippen LogP contribution in [-0.2, 0) is 0 Å². The van der Waals surface area contributed by atoms with E-state index in [0.29, 0.717) is 11.6 Å². The molecule has 2 nitrogen and oxygen atoms in total. The molecule has 0 radical (unpaired) electrons. The standard InChI is InChI=1S/C16H27BrN2S/c1-12-6-5-7-16(9-12,19(3)4)11-18-13(2)15-8-14(17)10-20-15/h8,10,12-13,18H,5-7,9,11H2,1-4H3. The Kier molecular flexibility index (Phi) is 5.69. The topological polar surface area (TPSA) is 15.3 Å². The molecule has 1 heterocycles. The SMILES string of the molecule is CC1CCCC(CNC(C)c2cc(Br)cs2)(N(C)C)C1. The van der Waals surface area contributed by atoms with Gasteiger partial charge in [-0.3, -0.25) is 0 Å². The third-order valence-corrected chi connectivity index (χ3v) is 6.64. The molecule has 0 spiro atoms. The maximum Gasteiger partial charge on any atom is 0.0387 e. The van der Waals surface area contributed by atoms with Crippen LogP contribution in [0.3, 0.4) is 0 Å². The normalized spacial score (nSPS) is 28.8. The summed E-state index contributed by atoms with van der Waals surface area (Å²) in [7, 11) is 4.48. The lowest BCUT2D eigenvalue weighted by Gasteiger charge is -2.46. The summed E-state index contributed by atoms with van der Waals surface area (Å²) in [5.74, 6) is 0.846. The van der Waals surface area contributed by atoms with Gasteiger partial charge in [-0.1, -0.05) is 19.8 Å². The van der Waals surface area contributed by atoms with Gasteiger partial charge in [-0.15, -0.1) is 11.3 Å². The Labute approximate surface area is 136 Å². The zero-order valence-electron chi connectivity index (χ0n) is 13.1. The van der Waals surface area contributed by atoms with Gasteiger partial charge in [0.05, 0.1) is 0 Å². The van der Waals surface area contributed by atoms with Gasteiger partial charge in [0.1, 0.15) is 0 Å². The lowest BCUT2D eigenvalue weighted by Crippen LogP contribution is -2.54. The summed E-state index contributed by atoms with van der Waals surface area (Å²) in [4.78, 5) is 3.86. The summed E-state index contributed by atoms with van der Waals surface area (Å²) >= 11 is 5.37. The van der Waals surface area contributed by atoms with Crippen LogP contribution in [0.15, 0.2) is 15.9 Å². The van der Waals surface area contributed by atoms with Crippen LogP contribution in [-0.4, -0.2) is 31.1 Å². The number of likely N-dealkylation sites (N-methyl/N-ethyl adjacent to an activating group) is 1. The van der Waals surface area contributed by atoms with Crippen LogP contribution in [0, 0.1) is 5.92 Å². The van der Waals surface area contributed by atoms with E-state index >= 15 is 0 Å². The Morgan fingerprint density at radius 3 is 2.85 bits per heavy atom. The highest BCUT2D eigenvalue weighted by Crippen LogP contribution is 2.36. The van der Waals surface area contributed by atoms with E-state index in [2.05, 4.69) is 65.5 Å². The Bertz CT molecular complexity index is 432. The summed E-state index contributed by atoms with van der Waals surface area (Å²) in [5, 5.41) is 5.94. The molecule has 3 unspecified atom stereocenters. The van der Waals surface area contributed by atoms with Gasteiger partial charge in [0.15, 0.2) is 0 Å².